The third-order valence-corrected chi connectivity index (χ3v) is 4.46. The molecule has 106 valence electrons. The molecule has 7 heteroatoms. The summed E-state index contributed by atoms with van der Waals surface area (Å²) in [5.74, 6) is 0. The van der Waals surface area contributed by atoms with Crippen LogP contribution in [0.2, 0.25) is 0 Å². The first-order valence-corrected chi connectivity index (χ1v) is 7.71. The van der Waals surface area contributed by atoms with E-state index in [1.165, 1.54) is 6.07 Å². The van der Waals surface area contributed by atoms with E-state index in [9.17, 15) is 10.1 Å². The number of halogens is 1. The van der Waals surface area contributed by atoms with Crippen LogP contribution >= 0.6 is 27.3 Å². The Hall–Kier alpha value is -1.47. The van der Waals surface area contributed by atoms with Crippen LogP contribution in [0.25, 0.3) is 0 Å². The Kier molecular flexibility index (Phi) is 4.72. The number of hydrogen-bond acceptors (Lipinski definition) is 5. The van der Waals surface area contributed by atoms with Crippen LogP contribution in [0.5, 0.6) is 0 Å². The van der Waals surface area contributed by atoms with Crippen molar-refractivity contribution in [3.63, 3.8) is 0 Å². The van der Waals surface area contributed by atoms with Crippen molar-refractivity contribution < 1.29 is 4.92 Å². The lowest BCUT2D eigenvalue weighted by atomic mass is 10.2. The predicted molar refractivity (Wildman–Crippen MR) is 84.4 cm³/mol. The van der Waals surface area contributed by atoms with E-state index < -0.39 is 0 Å². The standard InChI is InChI=1S/C13H14BrN3O2S/c1-3-13-15-7-10(20-13)8-16(2)12-6-9(14)4-5-11(12)17(18)19/h4-7H,3,8H2,1-2H3. The topological polar surface area (TPSA) is 59.3 Å². The molecule has 0 saturated heterocycles. The molecule has 0 atom stereocenters. The van der Waals surface area contributed by atoms with Crippen molar-refractivity contribution in [1.82, 2.24) is 4.98 Å². The zero-order valence-electron chi connectivity index (χ0n) is 11.2. The number of nitro groups is 1. The highest BCUT2D eigenvalue weighted by molar-refractivity contribution is 9.10. The molecule has 5 nitrogen and oxygen atoms in total. The molecule has 0 aliphatic rings. The van der Waals surface area contributed by atoms with Gasteiger partial charge in [-0.05, 0) is 18.6 Å². The van der Waals surface area contributed by atoms with Crippen LogP contribution in [0.3, 0.4) is 0 Å². The van der Waals surface area contributed by atoms with Crippen molar-refractivity contribution in [1.29, 1.82) is 0 Å². The monoisotopic (exact) mass is 355 g/mol. The van der Waals surface area contributed by atoms with Gasteiger partial charge < -0.3 is 4.90 Å². The fraction of sp³-hybridized carbons (Fsp3) is 0.308. The first kappa shape index (κ1) is 14.9. The van der Waals surface area contributed by atoms with E-state index in [1.807, 2.05) is 18.1 Å². The number of hydrogen-bond donors (Lipinski definition) is 0. The number of aromatic nitrogens is 1. The van der Waals surface area contributed by atoms with Gasteiger partial charge in [0.1, 0.15) is 5.69 Å². The van der Waals surface area contributed by atoms with E-state index >= 15 is 0 Å². The summed E-state index contributed by atoms with van der Waals surface area (Å²) in [6.07, 6.45) is 2.75. The van der Waals surface area contributed by atoms with Crippen LogP contribution in [0, 0.1) is 10.1 Å². The second-order valence-electron chi connectivity index (χ2n) is 4.32. The van der Waals surface area contributed by atoms with Crippen LogP contribution in [-0.4, -0.2) is 17.0 Å². The highest BCUT2D eigenvalue weighted by atomic mass is 79.9. The second-order valence-corrected chi connectivity index (χ2v) is 6.44. The van der Waals surface area contributed by atoms with Crippen molar-refractivity contribution >= 4 is 38.6 Å². The molecule has 0 aliphatic carbocycles. The van der Waals surface area contributed by atoms with E-state index in [-0.39, 0.29) is 10.6 Å². The van der Waals surface area contributed by atoms with Gasteiger partial charge in [0.2, 0.25) is 0 Å². The van der Waals surface area contributed by atoms with Gasteiger partial charge in [-0.25, -0.2) is 4.98 Å². The molecular weight excluding hydrogens is 342 g/mol. The number of rotatable bonds is 5. The number of benzene rings is 1. The summed E-state index contributed by atoms with van der Waals surface area (Å²) in [5.41, 5.74) is 0.701. The van der Waals surface area contributed by atoms with E-state index in [4.69, 9.17) is 0 Å². The molecule has 1 aromatic carbocycles. The largest absolute Gasteiger partial charge is 0.364 e. The minimum Gasteiger partial charge on any atom is -0.364 e. The molecule has 2 rings (SSSR count). The minimum atomic E-state index is -0.359. The molecule has 0 bridgehead atoms. The van der Waals surface area contributed by atoms with Gasteiger partial charge in [-0.1, -0.05) is 22.9 Å². The lowest BCUT2D eigenvalue weighted by Crippen LogP contribution is -2.17. The summed E-state index contributed by atoms with van der Waals surface area (Å²) in [5, 5.41) is 12.2. The highest BCUT2D eigenvalue weighted by Crippen LogP contribution is 2.31. The molecule has 0 aliphatic heterocycles. The predicted octanol–water partition coefficient (Wildman–Crippen LogP) is 4.01. The summed E-state index contributed by atoms with van der Waals surface area (Å²) < 4.78 is 0.823. The molecule has 1 heterocycles. The fourth-order valence-corrected chi connectivity index (χ4v) is 3.13. The maximum Gasteiger partial charge on any atom is 0.292 e. The summed E-state index contributed by atoms with van der Waals surface area (Å²) in [6, 6.07) is 4.96. The third-order valence-electron chi connectivity index (χ3n) is 2.84. The Morgan fingerprint density at radius 2 is 2.25 bits per heavy atom. The molecule has 0 unspecified atom stereocenters. The average molecular weight is 356 g/mol. The maximum atomic E-state index is 11.1. The molecule has 0 radical (unpaired) electrons. The van der Waals surface area contributed by atoms with Crippen LogP contribution in [-0.2, 0) is 13.0 Å². The van der Waals surface area contributed by atoms with Crippen molar-refractivity contribution in [3.8, 4) is 0 Å². The van der Waals surface area contributed by atoms with E-state index in [2.05, 4.69) is 27.8 Å². The molecular formula is C13H14BrN3O2S. The second kappa shape index (κ2) is 6.32. The van der Waals surface area contributed by atoms with Gasteiger partial charge >= 0.3 is 0 Å². The molecule has 0 spiro atoms. The summed E-state index contributed by atoms with van der Waals surface area (Å²) >= 11 is 5.00. The summed E-state index contributed by atoms with van der Waals surface area (Å²) in [7, 11) is 1.85. The number of anilines is 1. The van der Waals surface area contributed by atoms with Crippen molar-refractivity contribution in [2.45, 2.75) is 19.9 Å². The molecule has 1 aromatic heterocycles. The van der Waals surface area contributed by atoms with Crippen molar-refractivity contribution in [2.75, 3.05) is 11.9 Å². The normalized spacial score (nSPS) is 10.6. The number of aryl methyl sites for hydroxylation is 1. The van der Waals surface area contributed by atoms with Crippen LogP contribution in [0.15, 0.2) is 28.9 Å². The Morgan fingerprint density at radius 3 is 2.85 bits per heavy atom. The zero-order chi connectivity index (χ0) is 14.7. The molecule has 0 amide bonds. The van der Waals surface area contributed by atoms with Gasteiger partial charge in [-0.2, -0.15) is 0 Å². The first-order chi connectivity index (χ1) is 9.51. The summed E-state index contributed by atoms with van der Waals surface area (Å²) in [6.45, 7) is 2.67. The van der Waals surface area contributed by atoms with Gasteiger partial charge in [0.15, 0.2) is 0 Å². The van der Waals surface area contributed by atoms with Gasteiger partial charge in [0, 0.05) is 28.7 Å². The first-order valence-electron chi connectivity index (χ1n) is 6.10. The van der Waals surface area contributed by atoms with Gasteiger partial charge in [-0.15, -0.1) is 11.3 Å². The van der Waals surface area contributed by atoms with Crippen molar-refractivity contribution in [3.05, 3.63) is 48.9 Å². The SMILES string of the molecule is CCc1ncc(CN(C)c2cc(Br)ccc2[N+](=O)[O-])s1. The molecule has 2 aromatic rings. The lowest BCUT2D eigenvalue weighted by molar-refractivity contribution is -0.384. The molecule has 20 heavy (non-hydrogen) atoms. The van der Waals surface area contributed by atoms with Crippen LogP contribution in [0.1, 0.15) is 16.8 Å². The fourth-order valence-electron chi connectivity index (χ4n) is 1.86. The quantitative estimate of drug-likeness (QED) is 0.600. The minimum absolute atomic E-state index is 0.107. The highest BCUT2D eigenvalue weighted by Gasteiger charge is 2.18. The lowest BCUT2D eigenvalue weighted by Gasteiger charge is -2.18. The van der Waals surface area contributed by atoms with E-state index in [0.717, 1.165) is 20.8 Å². The number of thiazole rings is 1. The third kappa shape index (κ3) is 3.34. The maximum absolute atomic E-state index is 11.1. The van der Waals surface area contributed by atoms with Crippen molar-refractivity contribution in [2.24, 2.45) is 0 Å². The average Bonchev–Trinajstić information content (AvgIpc) is 2.85. The smallest absolute Gasteiger partial charge is 0.292 e. The molecule has 0 saturated carbocycles. The summed E-state index contributed by atoms with van der Waals surface area (Å²) in [4.78, 5) is 18.0. The molecule has 0 fully saturated rings. The van der Waals surface area contributed by atoms with Crippen LogP contribution in [0.4, 0.5) is 11.4 Å². The number of nitrogens with zero attached hydrogens (tertiary/aromatic N) is 3. The van der Waals surface area contributed by atoms with Gasteiger partial charge in [0.25, 0.3) is 5.69 Å². The number of nitro benzene ring substituents is 1. The van der Waals surface area contributed by atoms with E-state index in [0.29, 0.717) is 12.2 Å². The Morgan fingerprint density at radius 1 is 1.50 bits per heavy atom. The van der Waals surface area contributed by atoms with E-state index in [1.54, 1.807) is 23.5 Å². The Labute approximate surface area is 129 Å². The zero-order valence-corrected chi connectivity index (χ0v) is 13.6. The Balaban J connectivity index is 2.26. The molecule has 0 N–H and O–H groups in total. The van der Waals surface area contributed by atoms with Gasteiger partial charge in [-0.3, -0.25) is 10.1 Å². The van der Waals surface area contributed by atoms with Gasteiger partial charge in [0.05, 0.1) is 16.5 Å². The Bertz CT molecular complexity index is 630. The van der Waals surface area contributed by atoms with Crippen LogP contribution < -0.4 is 4.90 Å².